The van der Waals surface area contributed by atoms with Gasteiger partial charge in [-0.05, 0) is 18.6 Å². The van der Waals surface area contributed by atoms with Crippen LogP contribution in [-0.2, 0) is 25.6 Å². The first-order valence-electron chi connectivity index (χ1n) is 9.83. The van der Waals surface area contributed by atoms with Gasteiger partial charge in [-0.3, -0.25) is 14.4 Å². The molecule has 12 heteroatoms. The van der Waals surface area contributed by atoms with Crippen molar-refractivity contribution in [3.8, 4) is 0 Å². The van der Waals surface area contributed by atoms with Gasteiger partial charge in [-0.2, -0.15) is 12.6 Å². The monoisotopic (exact) mass is 465 g/mol. The Morgan fingerprint density at radius 1 is 1.12 bits per heavy atom. The Kier molecular flexibility index (Phi) is 9.05. The van der Waals surface area contributed by atoms with Crippen molar-refractivity contribution in [2.24, 2.45) is 5.73 Å². The molecule has 4 atom stereocenters. The van der Waals surface area contributed by atoms with Crippen LogP contribution >= 0.6 is 12.6 Å². The lowest BCUT2D eigenvalue weighted by Crippen LogP contribution is -2.55. The lowest BCUT2D eigenvalue weighted by atomic mass is 10.0. The summed E-state index contributed by atoms with van der Waals surface area (Å²) < 4.78 is 0. The summed E-state index contributed by atoms with van der Waals surface area (Å²) in [5, 5.41) is 26.7. The predicted molar refractivity (Wildman–Crippen MR) is 120 cm³/mol. The number of hydrogen-bond acceptors (Lipinski definition) is 7. The summed E-state index contributed by atoms with van der Waals surface area (Å²) in [5.74, 6) is -3.49. The van der Waals surface area contributed by atoms with Gasteiger partial charge in [-0.1, -0.05) is 18.2 Å². The van der Waals surface area contributed by atoms with Crippen LogP contribution in [0.5, 0.6) is 0 Å². The molecule has 0 aliphatic rings. The van der Waals surface area contributed by atoms with Crippen molar-refractivity contribution in [1.29, 1.82) is 0 Å². The van der Waals surface area contributed by atoms with Crippen molar-refractivity contribution >= 4 is 47.2 Å². The summed E-state index contributed by atoms with van der Waals surface area (Å²) >= 11 is 4.04. The minimum Gasteiger partial charge on any atom is -0.480 e. The zero-order valence-corrected chi connectivity index (χ0v) is 18.3. The molecule has 0 spiro atoms. The lowest BCUT2D eigenvalue weighted by molar-refractivity contribution is -0.142. The molecule has 2 rings (SSSR count). The number of amides is 3. The maximum absolute atomic E-state index is 12.6. The van der Waals surface area contributed by atoms with E-state index < -0.39 is 54.5 Å². The molecule has 1 aromatic carbocycles. The molecule has 0 bridgehead atoms. The fourth-order valence-corrected chi connectivity index (χ4v) is 3.19. The van der Waals surface area contributed by atoms with Crippen LogP contribution in [0.15, 0.2) is 30.5 Å². The van der Waals surface area contributed by atoms with Crippen molar-refractivity contribution in [1.82, 2.24) is 20.9 Å². The quantitative estimate of drug-likeness (QED) is 0.186. The average Bonchev–Trinajstić information content (AvgIpc) is 3.17. The first kappa shape index (κ1) is 25.2. The van der Waals surface area contributed by atoms with Gasteiger partial charge in [0.05, 0.1) is 12.6 Å². The van der Waals surface area contributed by atoms with E-state index in [9.17, 15) is 29.4 Å². The summed E-state index contributed by atoms with van der Waals surface area (Å²) in [6.45, 7) is 0.856. The fourth-order valence-electron chi connectivity index (χ4n) is 2.94. The molecule has 32 heavy (non-hydrogen) atoms. The smallest absolute Gasteiger partial charge is 0.326 e. The van der Waals surface area contributed by atoms with Gasteiger partial charge in [-0.25, -0.2) is 4.79 Å². The number of aromatic nitrogens is 1. The number of aliphatic carboxylic acids is 1. The number of nitrogens with two attached hydrogens (primary N) is 1. The van der Waals surface area contributed by atoms with Crippen molar-refractivity contribution in [3.05, 3.63) is 36.0 Å². The number of thiol groups is 1. The Labute approximate surface area is 189 Å². The molecule has 0 aliphatic carbocycles. The summed E-state index contributed by atoms with van der Waals surface area (Å²) in [6, 6.07) is 3.81. The standard InChI is InChI=1S/C20H27N5O6S/c1-10(26)17(21)19(29)23-8-16(27)24-15(9-32)18(28)25-14(20(30)31)6-11-7-22-13-5-3-2-4-12(11)13/h2-5,7,10,14-15,17,22,26,32H,6,8-9,21H2,1H3,(H,23,29)(H,24,27)(H,25,28)(H,30,31). The molecule has 3 amide bonds. The Morgan fingerprint density at radius 2 is 1.81 bits per heavy atom. The molecule has 4 unspecified atom stereocenters. The van der Waals surface area contributed by atoms with Crippen LogP contribution in [0.3, 0.4) is 0 Å². The second kappa shape index (κ2) is 11.5. The van der Waals surface area contributed by atoms with E-state index in [4.69, 9.17) is 5.73 Å². The molecule has 0 aliphatic heterocycles. The van der Waals surface area contributed by atoms with Crippen LogP contribution in [0.2, 0.25) is 0 Å². The number of carbonyl (C=O) groups is 4. The van der Waals surface area contributed by atoms with Crippen LogP contribution in [0.25, 0.3) is 10.9 Å². The van der Waals surface area contributed by atoms with E-state index in [1.165, 1.54) is 6.92 Å². The third-order valence-electron chi connectivity index (χ3n) is 4.79. The van der Waals surface area contributed by atoms with E-state index in [1.807, 2.05) is 24.3 Å². The number of fused-ring (bicyclic) bond motifs is 1. The molecule has 1 heterocycles. The van der Waals surface area contributed by atoms with Gasteiger partial charge in [0.1, 0.15) is 18.1 Å². The maximum atomic E-state index is 12.6. The highest BCUT2D eigenvalue weighted by molar-refractivity contribution is 7.80. The second-order valence-electron chi connectivity index (χ2n) is 7.25. The van der Waals surface area contributed by atoms with Gasteiger partial charge in [0, 0.05) is 29.3 Å². The molecule has 2 aromatic rings. The topological polar surface area (TPSA) is 187 Å². The van der Waals surface area contributed by atoms with Crippen LogP contribution in [0.1, 0.15) is 12.5 Å². The number of carboxylic acids is 1. The summed E-state index contributed by atoms with van der Waals surface area (Å²) in [7, 11) is 0. The molecule has 0 fully saturated rings. The molecule has 0 radical (unpaired) electrons. The van der Waals surface area contributed by atoms with Crippen LogP contribution in [-0.4, -0.2) is 75.4 Å². The minimum atomic E-state index is -1.23. The number of benzene rings is 1. The number of carboxylic acid groups (broad SMARTS) is 1. The highest BCUT2D eigenvalue weighted by atomic mass is 32.1. The molecule has 8 N–H and O–H groups in total. The Bertz CT molecular complexity index is 978. The number of aliphatic hydroxyl groups excluding tert-OH is 1. The second-order valence-corrected chi connectivity index (χ2v) is 7.62. The molecule has 174 valence electrons. The number of nitrogens with one attached hydrogen (secondary N) is 4. The van der Waals surface area contributed by atoms with Crippen molar-refractivity contribution in [3.63, 3.8) is 0 Å². The molecular formula is C20H27N5O6S. The number of carbonyl (C=O) groups excluding carboxylic acids is 3. The summed E-state index contributed by atoms with van der Waals surface area (Å²) in [5.41, 5.74) is 7.03. The van der Waals surface area contributed by atoms with E-state index >= 15 is 0 Å². The van der Waals surface area contributed by atoms with Crippen molar-refractivity contribution in [2.75, 3.05) is 12.3 Å². The van der Waals surface area contributed by atoms with E-state index in [0.29, 0.717) is 0 Å². The highest BCUT2D eigenvalue weighted by Gasteiger charge is 2.27. The number of aliphatic hydroxyl groups is 1. The van der Waals surface area contributed by atoms with Gasteiger partial charge < -0.3 is 36.9 Å². The van der Waals surface area contributed by atoms with Gasteiger partial charge in [0.25, 0.3) is 0 Å². The largest absolute Gasteiger partial charge is 0.480 e. The molecule has 1 aromatic heterocycles. The van der Waals surface area contributed by atoms with E-state index in [-0.39, 0.29) is 12.2 Å². The van der Waals surface area contributed by atoms with E-state index in [2.05, 4.69) is 33.6 Å². The Hall–Kier alpha value is -3.09. The van der Waals surface area contributed by atoms with Crippen LogP contribution in [0, 0.1) is 0 Å². The van der Waals surface area contributed by atoms with Gasteiger partial charge in [0.15, 0.2) is 0 Å². The lowest BCUT2D eigenvalue weighted by Gasteiger charge is -2.20. The van der Waals surface area contributed by atoms with E-state index in [1.54, 1.807) is 6.20 Å². The highest BCUT2D eigenvalue weighted by Crippen LogP contribution is 2.19. The first-order valence-corrected chi connectivity index (χ1v) is 10.5. The van der Waals surface area contributed by atoms with E-state index in [0.717, 1.165) is 16.5 Å². The molecule has 0 saturated heterocycles. The number of hydrogen-bond donors (Lipinski definition) is 8. The normalized spacial score (nSPS) is 14.8. The summed E-state index contributed by atoms with van der Waals surface area (Å²) in [4.78, 5) is 51.1. The predicted octanol–water partition coefficient (Wildman–Crippen LogP) is -1.48. The van der Waals surface area contributed by atoms with Crippen molar-refractivity contribution < 1.29 is 29.4 Å². The van der Waals surface area contributed by atoms with Crippen LogP contribution < -0.4 is 21.7 Å². The third kappa shape index (κ3) is 6.70. The number of rotatable bonds is 11. The summed E-state index contributed by atoms with van der Waals surface area (Å²) in [6.07, 6.45) is 0.621. The fraction of sp³-hybridized carbons (Fsp3) is 0.400. The zero-order chi connectivity index (χ0) is 23.8. The molecule has 11 nitrogen and oxygen atoms in total. The third-order valence-corrected chi connectivity index (χ3v) is 5.16. The Balaban J connectivity index is 1.96. The number of para-hydroxylation sites is 1. The van der Waals surface area contributed by atoms with Gasteiger partial charge in [0.2, 0.25) is 17.7 Å². The van der Waals surface area contributed by atoms with Gasteiger partial charge >= 0.3 is 5.97 Å². The van der Waals surface area contributed by atoms with Gasteiger partial charge in [-0.15, -0.1) is 0 Å². The van der Waals surface area contributed by atoms with Crippen LogP contribution in [0.4, 0.5) is 0 Å². The molecule has 0 saturated carbocycles. The average molecular weight is 466 g/mol. The molecular weight excluding hydrogens is 438 g/mol. The minimum absolute atomic E-state index is 0.0333. The zero-order valence-electron chi connectivity index (χ0n) is 17.4. The first-order chi connectivity index (χ1) is 15.1. The maximum Gasteiger partial charge on any atom is 0.326 e. The Morgan fingerprint density at radius 3 is 2.44 bits per heavy atom. The van der Waals surface area contributed by atoms with Crippen molar-refractivity contribution in [2.45, 2.75) is 37.6 Å². The SMILES string of the molecule is CC(O)C(N)C(=O)NCC(=O)NC(CS)C(=O)NC(Cc1c[nH]c2ccccc12)C(=O)O. The number of aromatic amines is 1. The number of H-pyrrole nitrogens is 1.